The number of hydrogen-bond acceptors (Lipinski definition) is 4. The van der Waals surface area contributed by atoms with Gasteiger partial charge in [0.25, 0.3) is 5.91 Å². The number of alkyl halides is 3. The molecule has 0 atom stereocenters. The largest absolute Gasteiger partial charge is 0.417 e. The minimum atomic E-state index is -4.51. The standard InChI is InChI=1S/C27H32F3N5O/c1-7-13-33-25(35-21-10-12-23(26(36)32-6)19(8-2)14-21)18(4)34-16-17(3)22-11-9-20(31-5)15-24(22)27(28,29)30/h7,9-16,31H,8H2,1-6H3,(H,32,36)(H,33,35)/b13-7-,17-16+,34-18?. The van der Waals surface area contributed by atoms with E-state index in [0.29, 0.717) is 40.5 Å². The van der Waals surface area contributed by atoms with Crippen LogP contribution in [0.4, 0.5) is 24.5 Å². The van der Waals surface area contributed by atoms with Gasteiger partial charge >= 0.3 is 6.18 Å². The van der Waals surface area contributed by atoms with Crippen LogP contribution in [0.1, 0.15) is 54.7 Å². The SMILES string of the molecule is C/C=C\N=C(Nc1ccc(C(=O)NC)c(CC)c1)C(C)=N/C=C(\C)c1ccc(NC)cc1C(F)(F)F. The third kappa shape index (κ3) is 7.31. The van der Waals surface area contributed by atoms with Crippen molar-refractivity contribution in [3.8, 4) is 0 Å². The molecule has 0 spiro atoms. The quantitative estimate of drug-likeness (QED) is 0.285. The molecule has 36 heavy (non-hydrogen) atoms. The number of benzene rings is 2. The lowest BCUT2D eigenvalue weighted by Gasteiger charge is -2.15. The van der Waals surface area contributed by atoms with Crippen LogP contribution in [0, 0.1) is 0 Å². The van der Waals surface area contributed by atoms with Crippen molar-refractivity contribution in [2.45, 2.75) is 40.3 Å². The monoisotopic (exact) mass is 499 g/mol. The number of carbonyl (C=O) groups excluding carboxylic acids is 1. The Bertz CT molecular complexity index is 1210. The summed E-state index contributed by atoms with van der Waals surface area (Å²) in [6.45, 7) is 7.08. The number of amidine groups is 1. The number of amides is 1. The molecule has 0 fully saturated rings. The molecule has 3 N–H and O–H groups in total. The van der Waals surface area contributed by atoms with E-state index in [1.54, 1.807) is 58.4 Å². The summed E-state index contributed by atoms with van der Waals surface area (Å²) in [5.41, 5.74) is 2.68. The van der Waals surface area contributed by atoms with E-state index in [0.717, 1.165) is 11.6 Å². The Hall–Kier alpha value is -3.88. The van der Waals surface area contributed by atoms with E-state index in [-0.39, 0.29) is 11.5 Å². The molecule has 0 aromatic heterocycles. The van der Waals surface area contributed by atoms with Gasteiger partial charge in [-0.25, -0.2) is 4.99 Å². The first-order valence-electron chi connectivity index (χ1n) is 11.5. The molecule has 0 saturated carbocycles. The Kier molecular flexibility index (Phi) is 10.0. The highest BCUT2D eigenvalue weighted by atomic mass is 19.4. The average molecular weight is 500 g/mol. The lowest BCUT2D eigenvalue weighted by Crippen LogP contribution is -2.22. The first kappa shape index (κ1) is 28.4. The Morgan fingerprint density at radius 3 is 2.25 bits per heavy atom. The van der Waals surface area contributed by atoms with Gasteiger partial charge in [-0.15, -0.1) is 0 Å². The Labute approximate surface area is 210 Å². The number of nitrogens with zero attached hydrogens (tertiary/aromatic N) is 2. The van der Waals surface area contributed by atoms with Gasteiger partial charge in [-0.1, -0.05) is 19.1 Å². The van der Waals surface area contributed by atoms with Gasteiger partial charge in [-0.3, -0.25) is 9.79 Å². The third-order valence-corrected chi connectivity index (χ3v) is 5.41. The summed E-state index contributed by atoms with van der Waals surface area (Å²) < 4.78 is 40.9. The number of carbonyl (C=O) groups is 1. The van der Waals surface area contributed by atoms with Gasteiger partial charge in [0, 0.05) is 43.4 Å². The second-order valence-electron chi connectivity index (χ2n) is 7.92. The van der Waals surface area contributed by atoms with Crippen molar-refractivity contribution in [2.24, 2.45) is 9.98 Å². The number of anilines is 2. The van der Waals surface area contributed by atoms with Crippen molar-refractivity contribution in [2.75, 3.05) is 24.7 Å². The zero-order chi connectivity index (χ0) is 26.9. The van der Waals surface area contributed by atoms with Crippen molar-refractivity contribution in [3.05, 3.63) is 77.1 Å². The van der Waals surface area contributed by atoms with Crippen molar-refractivity contribution in [1.29, 1.82) is 0 Å². The second-order valence-corrected chi connectivity index (χ2v) is 7.92. The molecule has 0 aliphatic rings. The predicted molar refractivity (Wildman–Crippen MR) is 143 cm³/mol. The van der Waals surface area contributed by atoms with E-state index in [2.05, 4.69) is 25.9 Å². The summed E-state index contributed by atoms with van der Waals surface area (Å²) in [4.78, 5) is 20.9. The maximum atomic E-state index is 13.6. The average Bonchev–Trinajstić information content (AvgIpc) is 2.87. The molecule has 6 nitrogen and oxygen atoms in total. The van der Waals surface area contributed by atoms with Crippen LogP contribution in [0.25, 0.3) is 5.57 Å². The van der Waals surface area contributed by atoms with E-state index in [1.807, 2.05) is 19.9 Å². The number of allylic oxidation sites excluding steroid dienone is 2. The zero-order valence-corrected chi connectivity index (χ0v) is 21.3. The van der Waals surface area contributed by atoms with Gasteiger partial charge in [0.05, 0.1) is 11.3 Å². The van der Waals surface area contributed by atoms with Crippen LogP contribution in [0.15, 0.2) is 64.9 Å². The van der Waals surface area contributed by atoms with Crippen molar-refractivity contribution in [3.63, 3.8) is 0 Å². The number of halogens is 3. The first-order chi connectivity index (χ1) is 17.0. The Balaban J connectivity index is 2.42. The van der Waals surface area contributed by atoms with Gasteiger partial charge in [-0.2, -0.15) is 13.2 Å². The van der Waals surface area contributed by atoms with Crippen LogP contribution < -0.4 is 16.0 Å². The van der Waals surface area contributed by atoms with Crippen molar-refractivity contribution >= 4 is 34.4 Å². The van der Waals surface area contributed by atoms with Gasteiger partial charge in [0.1, 0.15) is 0 Å². The van der Waals surface area contributed by atoms with Crippen LogP contribution in [0.3, 0.4) is 0 Å². The third-order valence-electron chi connectivity index (χ3n) is 5.41. The summed E-state index contributed by atoms with van der Waals surface area (Å²) in [6, 6.07) is 9.46. The fraction of sp³-hybridized carbons (Fsp3) is 0.296. The Morgan fingerprint density at radius 1 is 1.00 bits per heavy atom. The topological polar surface area (TPSA) is 77.9 Å². The van der Waals surface area contributed by atoms with E-state index in [1.165, 1.54) is 12.3 Å². The summed E-state index contributed by atoms with van der Waals surface area (Å²) in [5.74, 6) is 0.258. The molecule has 2 aromatic carbocycles. The fourth-order valence-corrected chi connectivity index (χ4v) is 3.42. The molecule has 0 bridgehead atoms. The number of aliphatic imine (C=N–C) groups is 2. The molecule has 0 radical (unpaired) electrons. The molecule has 9 heteroatoms. The summed E-state index contributed by atoms with van der Waals surface area (Å²) in [6.07, 6.45) is 0.894. The summed E-state index contributed by atoms with van der Waals surface area (Å²) >= 11 is 0. The number of rotatable bonds is 8. The van der Waals surface area contributed by atoms with Crippen molar-refractivity contribution < 1.29 is 18.0 Å². The molecule has 0 unspecified atom stereocenters. The van der Waals surface area contributed by atoms with Crippen molar-refractivity contribution in [1.82, 2.24) is 5.32 Å². The molecular weight excluding hydrogens is 467 g/mol. The molecule has 2 rings (SSSR count). The van der Waals surface area contributed by atoms with E-state index < -0.39 is 11.7 Å². The minimum absolute atomic E-state index is 0.0512. The fourth-order valence-electron chi connectivity index (χ4n) is 3.42. The molecule has 192 valence electrons. The highest BCUT2D eigenvalue weighted by molar-refractivity contribution is 6.45. The van der Waals surface area contributed by atoms with Gasteiger partial charge in [0.15, 0.2) is 5.84 Å². The maximum Gasteiger partial charge on any atom is 0.417 e. The van der Waals surface area contributed by atoms with E-state index >= 15 is 0 Å². The molecule has 0 saturated heterocycles. The number of hydrogen-bond donors (Lipinski definition) is 3. The number of nitrogens with one attached hydrogen (secondary N) is 3. The molecule has 0 heterocycles. The van der Waals surface area contributed by atoms with Gasteiger partial charge in [0.2, 0.25) is 0 Å². The second kappa shape index (κ2) is 12.7. The van der Waals surface area contributed by atoms with E-state index in [9.17, 15) is 18.0 Å². The Morgan fingerprint density at radius 2 is 1.67 bits per heavy atom. The highest BCUT2D eigenvalue weighted by Crippen LogP contribution is 2.36. The summed E-state index contributed by atoms with van der Waals surface area (Å²) in [5, 5.41) is 8.57. The van der Waals surface area contributed by atoms with Crippen LogP contribution >= 0.6 is 0 Å². The predicted octanol–water partition coefficient (Wildman–Crippen LogP) is 6.54. The zero-order valence-electron chi connectivity index (χ0n) is 21.3. The molecule has 2 aromatic rings. The first-order valence-corrected chi connectivity index (χ1v) is 11.5. The smallest absolute Gasteiger partial charge is 0.388 e. The highest BCUT2D eigenvalue weighted by Gasteiger charge is 2.34. The van der Waals surface area contributed by atoms with Crippen LogP contribution in [0.5, 0.6) is 0 Å². The molecule has 1 amide bonds. The maximum absolute atomic E-state index is 13.6. The van der Waals surface area contributed by atoms with Crippen LogP contribution in [0.2, 0.25) is 0 Å². The minimum Gasteiger partial charge on any atom is -0.388 e. The van der Waals surface area contributed by atoms with Gasteiger partial charge in [-0.05, 0) is 74.2 Å². The lowest BCUT2D eigenvalue weighted by atomic mass is 10.00. The number of aryl methyl sites for hydroxylation is 1. The molecule has 0 aliphatic carbocycles. The van der Waals surface area contributed by atoms with Crippen LogP contribution in [-0.4, -0.2) is 31.5 Å². The lowest BCUT2D eigenvalue weighted by molar-refractivity contribution is -0.137. The molecule has 0 aliphatic heterocycles. The van der Waals surface area contributed by atoms with Crippen LogP contribution in [-0.2, 0) is 12.6 Å². The van der Waals surface area contributed by atoms with Gasteiger partial charge < -0.3 is 16.0 Å². The summed E-state index contributed by atoms with van der Waals surface area (Å²) in [7, 11) is 3.15. The molecular formula is C27H32F3N5O. The normalized spacial score (nSPS) is 13.2. The van der Waals surface area contributed by atoms with E-state index in [4.69, 9.17) is 0 Å².